The molecule has 4 heteroatoms. The Morgan fingerprint density at radius 1 is 1.17 bits per heavy atom. The lowest BCUT2D eigenvalue weighted by Crippen LogP contribution is -1.97. The molecular weight excluding hydrogens is 296 g/mol. The molecule has 0 aliphatic rings. The van der Waals surface area contributed by atoms with Crippen molar-refractivity contribution in [2.75, 3.05) is 0 Å². The molecule has 0 radical (unpaired) electrons. The van der Waals surface area contributed by atoms with Crippen LogP contribution in [-0.2, 0) is 6.61 Å². The van der Waals surface area contributed by atoms with E-state index in [0.29, 0.717) is 23.1 Å². The van der Waals surface area contributed by atoms with E-state index >= 15 is 0 Å². The van der Waals surface area contributed by atoms with Crippen LogP contribution < -0.4 is 4.74 Å². The van der Waals surface area contributed by atoms with Gasteiger partial charge in [-0.15, -0.1) is 0 Å². The highest BCUT2D eigenvalue weighted by atomic mass is 79.9. The number of carbonyl (C=O) groups is 1. The van der Waals surface area contributed by atoms with E-state index in [1.54, 1.807) is 12.1 Å². The van der Waals surface area contributed by atoms with Gasteiger partial charge in [0.25, 0.3) is 0 Å². The Kier molecular flexibility index (Phi) is 3.99. The molecule has 2 rings (SSSR count). The summed E-state index contributed by atoms with van der Waals surface area (Å²) in [6, 6.07) is 12.9. The number of phenolic OH excluding ortho intramolecular Hbond substituents is 1. The summed E-state index contributed by atoms with van der Waals surface area (Å²) in [4.78, 5) is 10.8. The highest BCUT2D eigenvalue weighted by Crippen LogP contribution is 2.34. The minimum atomic E-state index is -0.143. The second kappa shape index (κ2) is 5.69. The molecule has 2 aromatic rings. The van der Waals surface area contributed by atoms with Crippen LogP contribution in [0.3, 0.4) is 0 Å². The zero-order valence-electron chi connectivity index (χ0n) is 9.47. The molecule has 2 aromatic carbocycles. The van der Waals surface area contributed by atoms with Crippen LogP contribution in [0.5, 0.6) is 11.5 Å². The quantitative estimate of drug-likeness (QED) is 0.879. The normalized spacial score (nSPS) is 10.1. The van der Waals surface area contributed by atoms with Crippen molar-refractivity contribution in [2.45, 2.75) is 6.61 Å². The smallest absolute Gasteiger partial charge is 0.169 e. The van der Waals surface area contributed by atoms with E-state index in [1.165, 1.54) is 0 Å². The van der Waals surface area contributed by atoms with E-state index in [0.717, 1.165) is 5.56 Å². The standard InChI is InChI=1S/C14H11BrO3/c15-12-6-7-13(14(17)11(12)8-16)18-9-10-4-2-1-3-5-10/h1-8,17H,9H2. The van der Waals surface area contributed by atoms with Crippen LogP contribution in [0.15, 0.2) is 46.9 Å². The van der Waals surface area contributed by atoms with E-state index in [1.807, 2.05) is 30.3 Å². The van der Waals surface area contributed by atoms with Gasteiger partial charge in [0.15, 0.2) is 17.8 Å². The summed E-state index contributed by atoms with van der Waals surface area (Å²) in [6.07, 6.45) is 0.592. The van der Waals surface area contributed by atoms with E-state index in [4.69, 9.17) is 4.74 Å². The first-order valence-electron chi connectivity index (χ1n) is 5.35. The van der Waals surface area contributed by atoms with E-state index in [9.17, 15) is 9.90 Å². The Balaban J connectivity index is 2.18. The van der Waals surface area contributed by atoms with Crippen molar-refractivity contribution in [1.82, 2.24) is 0 Å². The second-order valence-corrected chi connectivity index (χ2v) is 4.55. The summed E-state index contributed by atoms with van der Waals surface area (Å²) in [5.41, 5.74) is 1.19. The van der Waals surface area contributed by atoms with Gasteiger partial charge >= 0.3 is 0 Å². The summed E-state index contributed by atoms with van der Waals surface area (Å²) in [5, 5.41) is 9.86. The predicted molar refractivity (Wildman–Crippen MR) is 72.0 cm³/mol. The number of hydrogen-bond donors (Lipinski definition) is 1. The number of benzene rings is 2. The van der Waals surface area contributed by atoms with Gasteiger partial charge in [-0.3, -0.25) is 4.79 Å². The maximum atomic E-state index is 10.8. The average Bonchev–Trinajstić information content (AvgIpc) is 2.40. The van der Waals surface area contributed by atoms with Crippen LogP contribution in [0.2, 0.25) is 0 Å². The highest BCUT2D eigenvalue weighted by molar-refractivity contribution is 9.10. The van der Waals surface area contributed by atoms with Gasteiger partial charge in [0, 0.05) is 4.47 Å². The predicted octanol–water partition coefficient (Wildman–Crippen LogP) is 3.55. The van der Waals surface area contributed by atoms with Crippen LogP contribution in [0, 0.1) is 0 Å². The zero-order chi connectivity index (χ0) is 13.0. The summed E-state index contributed by atoms with van der Waals surface area (Å²) in [7, 11) is 0. The van der Waals surface area contributed by atoms with Crippen molar-refractivity contribution < 1.29 is 14.6 Å². The number of aromatic hydroxyl groups is 1. The monoisotopic (exact) mass is 306 g/mol. The van der Waals surface area contributed by atoms with Crippen LogP contribution >= 0.6 is 15.9 Å². The Morgan fingerprint density at radius 2 is 1.89 bits per heavy atom. The molecule has 0 spiro atoms. The number of hydrogen-bond acceptors (Lipinski definition) is 3. The van der Waals surface area contributed by atoms with Gasteiger partial charge in [-0.05, 0) is 33.6 Å². The van der Waals surface area contributed by atoms with Gasteiger partial charge in [-0.2, -0.15) is 0 Å². The number of carbonyl (C=O) groups excluding carboxylic acids is 1. The molecule has 0 amide bonds. The number of aldehydes is 1. The first-order valence-corrected chi connectivity index (χ1v) is 6.15. The molecule has 0 aromatic heterocycles. The summed E-state index contributed by atoms with van der Waals surface area (Å²) < 4.78 is 6.03. The van der Waals surface area contributed by atoms with Crippen molar-refractivity contribution >= 4 is 22.2 Å². The molecule has 0 saturated heterocycles. The molecular formula is C14H11BrO3. The fourth-order valence-corrected chi connectivity index (χ4v) is 1.94. The van der Waals surface area contributed by atoms with E-state index in [2.05, 4.69) is 15.9 Å². The maximum Gasteiger partial charge on any atom is 0.169 e. The summed E-state index contributed by atoms with van der Waals surface area (Å²) in [6.45, 7) is 0.342. The van der Waals surface area contributed by atoms with Crippen molar-refractivity contribution in [3.8, 4) is 11.5 Å². The van der Waals surface area contributed by atoms with Gasteiger partial charge in [-0.1, -0.05) is 30.3 Å². The van der Waals surface area contributed by atoms with Crippen molar-refractivity contribution in [3.63, 3.8) is 0 Å². The van der Waals surface area contributed by atoms with Crippen molar-refractivity contribution in [3.05, 3.63) is 58.1 Å². The maximum absolute atomic E-state index is 10.8. The number of rotatable bonds is 4. The first-order chi connectivity index (χ1) is 8.72. The molecule has 0 heterocycles. The van der Waals surface area contributed by atoms with Crippen LogP contribution in [0.4, 0.5) is 0 Å². The fraction of sp³-hybridized carbons (Fsp3) is 0.0714. The van der Waals surface area contributed by atoms with Crippen LogP contribution in [0.1, 0.15) is 15.9 Å². The topological polar surface area (TPSA) is 46.5 Å². The zero-order valence-corrected chi connectivity index (χ0v) is 11.1. The third kappa shape index (κ3) is 2.71. The van der Waals surface area contributed by atoms with E-state index < -0.39 is 0 Å². The molecule has 18 heavy (non-hydrogen) atoms. The number of halogens is 1. The van der Waals surface area contributed by atoms with E-state index in [-0.39, 0.29) is 11.3 Å². The Bertz CT molecular complexity index is 552. The van der Waals surface area contributed by atoms with Crippen molar-refractivity contribution in [1.29, 1.82) is 0 Å². The molecule has 0 saturated carbocycles. The molecule has 0 bridgehead atoms. The largest absolute Gasteiger partial charge is 0.504 e. The molecule has 3 nitrogen and oxygen atoms in total. The average molecular weight is 307 g/mol. The first kappa shape index (κ1) is 12.6. The third-order valence-corrected chi connectivity index (χ3v) is 3.17. The van der Waals surface area contributed by atoms with Crippen LogP contribution in [0.25, 0.3) is 0 Å². The molecule has 1 N–H and O–H groups in total. The molecule has 0 aliphatic carbocycles. The molecule has 0 unspecified atom stereocenters. The van der Waals surface area contributed by atoms with Crippen LogP contribution in [-0.4, -0.2) is 11.4 Å². The van der Waals surface area contributed by atoms with Gasteiger partial charge in [-0.25, -0.2) is 0 Å². The SMILES string of the molecule is O=Cc1c(Br)ccc(OCc2ccccc2)c1O. The lowest BCUT2D eigenvalue weighted by molar-refractivity contribution is 0.111. The molecule has 92 valence electrons. The summed E-state index contributed by atoms with van der Waals surface area (Å²) in [5.74, 6) is 0.152. The van der Waals surface area contributed by atoms with Gasteiger partial charge in [0.05, 0.1) is 5.56 Å². The minimum absolute atomic E-state index is 0.143. The molecule has 0 aliphatic heterocycles. The van der Waals surface area contributed by atoms with Gasteiger partial charge in [0.1, 0.15) is 6.61 Å². The number of phenols is 1. The van der Waals surface area contributed by atoms with Gasteiger partial charge in [0.2, 0.25) is 0 Å². The number of ether oxygens (including phenoxy) is 1. The second-order valence-electron chi connectivity index (χ2n) is 3.70. The molecule has 0 fully saturated rings. The lowest BCUT2D eigenvalue weighted by atomic mass is 10.2. The Morgan fingerprint density at radius 3 is 2.56 bits per heavy atom. The van der Waals surface area contributed by atoms with Crippen molar-refractivity contribution in [2.24, 2.45) is 0 Å². The minimum Gasteiger partial charge on any atom is -0.504 e. The lowest BCUT2D eigenvalue weighted by Gasteiger charge is -2.10. The summed E-state index contributed by atoms with van der Waals surface area (Å²) >= 11 is 3.19. The Hall–Kier alpha value is -1.81. The van der Waals surface area contributed by atoms with Gasteiger partial charge < -0.3 is 9.84 Å². The highest BCUT2D eigenvalue weighted by Gasteiger charge is 2.11. The third-order valence-electron chi connectivity index (χ3n) is 2.48. The molecule has 0 atom stereocenters. The fourth-order valence-electron chi connectivity index (χ4n) is 1.53. The Labute approximate surface area is 113 Å².